The van der Waals surface area contributed by atoms with E-state index in [0.29, 0.717) is 24.7 Å². The van der Waals surface area contributed by atoms with Crippen LogP contribution in [0.2, 0.25) is 0 Å². The van der Waals surface area contributed by atoms with E-state index >= 15 is 0 Å². The van der Waals surface area contributed by atoms with Crippen LogP contribution in [0.3, 0.4) is 0 Å². The average molecular weight is 325 g/mol. The van der Waals surface area contributed by atoms with Gasteiger partial charge in [-0.05, 0) is 29.8 Å². The van der Waals surface area contributed by atoms with Gasteiger partial charge in [0.25, 0.3) is 0 Å². The lowest BCUT2D eigenvalue weighted by Crippen LogP contribution is -2.27. The van der Waals surface area contributed by atoms with E-state index in [1.54, 1.807) is 12.1 Å². The average Bonchev–Trinajstić information content (AvgIpc) is 3.07. The second-order valence-corrected chi connectivity index (χ2v) is 5.27. The molecule has 0 unspecified atom stereocenters. The van der Waals surface area contributed by atoms with E-state index in [4.69, 9.17) is 4.42 Å². The first-order valence-electron chi connectivity index (χ1n) is 7.59. The fourth-order valence-electron chi connectivity index (χ4n) is 2.21. The number of aromatic nitrogens is 2. The van der Waals surface area contributed by atoms with Crippen molar-refractivity contribution in [2.24, 2.45) is 0 Å². The molecule has 24 heavy (non-hydrogen) atoms. The first-order chi connectivity index (χ1) is 11.7. The summed E-state index contributed by atoms with van der Waals surface area (Å²) in [5.74, 6) is 0.480. The van der Waals surface area contributed by atoms with E-state index in [-0.39, 0.29) is 18.1 Å². The smallest absolute Gasteiger partial charge is 0.247 e. The Bertz CT molecular complexity index is 801. The molecule has 0 saturated carbocycles. The number of nitrogens with zero attached hydrogens (tertiary/aromatic N) is 2. The summed E-state index contributed by atoms with van der Waals surface area (Å²) in [7, 11) is 0. The van der Waals surface area contributed by atoms with Gasteiger partial charge in [-0.25, -0.2) is 4.39 Å². The molecule has 122 valence electrons. The first kappa shape index (κ1) is 15.9. The number of hydrogen-bond donors (Lipinski definition) is 1. The monoisotopic (exact) mass is 325 g/mol. The SMILES string of the molecule is O=C(Cc1ccc(F)cc1)NCCc1nnc(-c2ccccc2)o1. The van der Waals surface area contributed by atoms with Gasteiger partial charge in [-0.1, -0.05) is 30.3 Å². The summed E-state index contributed by atoms with van der Waals surface area (Å²) in [5, 5.41) is 10.8. The van der Waals surface area contributed by atoms with Gasteiger partial charge in [0, 0.05) is 18.5 Å². The highest BCUT2D eigenvalue weighted by Crippen LogP contribution is 2.16. The van der Waals surface area contributed by atoms with Gasteiger partial charge in [0.05, 0.1) is 6.42 Å². The maximum atomic E-state index is 12.8. The molecule has 1 N–H and O–H groups in total. The topological polar surface area (TPSA) is 68.0 Å². The quantitative estimate of drug-likeness (QED) is 0.757. The summed E-state index contributed by atoms with van der Waals surface area (Å²) in [6.45, 7) is 0.399. The predicted octanol–water partition coefficient (Wildman–Crippen LogP) is 2.78. The molecule has 6 heteroatoms. The van der Waals surface area contributed by atoms with Gasteiger partial charge in [0.1, 0.15) is 5.82 Å². The van der Waals surface area contributed by atoms with Crippen molar-refractivity contribution in [3.05, 3.63) is 71.9 Å². The van der Waals surface area contributed by atoms with Crippen molar-refractivity contribution in [2.45, 2.75) is 12.8 Å². The zero-order chi connectivity index (χ0) is 16.8. The van der Waals surface area contributed by atoms with E-state index in [2.05, 4.69) is 15.5 Å². The molecule has 1 amide bonds. The largest absolute Gasteiger partial charge is 0.421 e. The summed E-state index contributed by atoms with van der Waals surface area (Å²) >= 11 is 0. The predicted molar refractivity (Wildman–Crippen MR) is 86.6 cm³/mol. The molecule has 0 bridgehead atoms. The Morgan fingerprint density at radius 1 is 1.04 bits per heavy atom. The Hall–Kier alpha value is -3.02. The summed E-state index contributed by atoms with van der Waals surface area (Å²) in [5.41, 5.74) is 1.62. The Balaban J connectivity index is 1.47. The maximum absolute atomic E-state index is 12.8. The number of benzene rings is 2. The molecule has 0 saturated heterocycles. The molecular weight excluding hydrogens is 309 g/mol. The minimum absolute atomic E-state index is 0.135. The second-order valence-electron chi connectivity index (χ2n) is 5.27. The number of hydrogen-bond acceptors (Lipinski definition) is 4. The first-order valence-corrected chi connectivity index (χ1v) is 7.59. The molecule has 0 aliphatic rings. The summed E-state index contributed by atoms with van der Waals surface area (Å²) in [6, 6.07) is 15.4. The van der Waals surface area contributed by atoms with Crippen LogP contribution in [0, 0.1) is 5.82 Å². The van der Waals surface area contributed by atoms with Crippen molar-refractivity contribution in [2.75, 3.05) is 6.54 Å². The minimum Gasteiger partial charge on any atom is -0.421 e. The van der Waals surface area contributed by atoms with Crippen LogP contribution < -0.4 is 5.32 Å². The van der Waals surface area contributed by atoms with Gasteiger partial charge in [0.15, 0.2) is 0 Å². The summed E-state index contributed by atoms with van der Waals surface area (Å²) < 4.78 is 18.4. The van der Waals surface area contributed by atoms with Crippen LogP contribution in [-0.2, 0) is 17.6 Å². The zero-order valence-corrected chi connectivity index (χ0v) is 12.9. The molecule has 2 aromatic carbocycles. The molecule has 0 aliphatic carbocycles. The summed E-state index contributed by atoms with van der Waals surface area (Å²) in [4.78, 5) is 11.8. The normalized spacial score (nSPS) is 10.5. The summed E-state index contributed by atoms with van der Waals surface area (Å²) in [6.07, 6.45) is 0.661. The van der Waals surface area contributed by atoms with Gasteiger partial charge < -0.3 is 9.73 Å². The van der Waals surface area contributed by atoms with Gasteiger partial charge >= 0.3 is 0 Å². The number of carbonyl (C=O) groups excluding carboxylic acids is 1. The molecular formula is C18H16FN3O2. The van der Waals surface area contributed by atoms with Gasteiger partial charge in [-0.15, -0.1) is 10.2 Å². The Morgan fingerprint density at radius 2 is 1.79 bits per heavy atom. The van der Waals surface area contributed by atoms with Crippen LogP contribution in [0.1, 0.15) is 11.5 Å². The van der Waals surface area contributed by atoms with E-state index in [1.165, 1.54) is 12.1 Å². The standard InChI is InChI=1S/C18H16FN3O2/c19-15-8-6-13(7-9-15)12-16(23)20-11-10-17-21-22-18(24-17)14-4-2-1-3-5-14/h1-9H,10-12H2,(H,20,23). The third kappa shape index (κ3) is 4.25. The molecule has 1 heterocycles. The van der Waals surface area contributed by atoms with E-state index in [9.17, 15) is 9.18 Å². The molecule has 5 nitrogen and oxygen atoms in total. The molecule has 0 atom stereocenters. The lowest BCUT2D eigenvalue weighted by molar-refractivity contribution is -0.120. The van der Waals surface area contributed by atoms with Crippen LogP contribution in [0.5, 0.6) is 0 Å². The number of halogens is 1. The van der Waals surface area contributed by atoms with Crippen LogP contribution in [0.4, 0.5) is 4.39 Å². The van der Waals surface area contributed by atoms with Crippen LogP contribution in [-0.4, -0.2) is 22.6 Å². The van der Waals surface area contributed by atoms with Crippen LogP contribution in [0.25, 0.3) is 11.5 Å². The third-order valence-corrected chi connectivity index (χ3v) is 3.43. The lowest BCUT2D eigenvalue weighted by Gasteiger charge is -2.03. The van der Waals surface area contributed by atoms with E-state index in [0.717, 1.165) is 11.1 Å². The van der Waals surface area contributed by atoms with Crippen molar-refractivity contribution < 1.29 is 13.6 Å². The second kappa shape index (κ2) is 7.50. The number of amides is 1. The number of carbonyl (C=O) groups is 1. The highest BCUT2D eigenvalue weighted by Gasteiger charge is 2.09. The maximum Gasteiger partial charge on any atom is 0.247 e. The van der Waals surface area contributed by atoms with Crippen LogP contribution >= 0.6 is 0 Å². The molecule has 1 aromatic heterocycles. The number of nitrogens with one attached hydrogen (secondary N) is 1. The third-order valence-electron chi connectivity index (χ3n) is 3.43. The number of rotatable bonds is 6. The Labute approximate surface area is 138 Å². The highest BCUT2D eigenvalue weighted by molar-refractivity contribution is 5.78. The van der Waals surface area contributed by atoms with Crippen molar-refractivity contribution in [3.8, 4) is 11.5 Å². The molecule has 0 aliphatic heterocycles. The van der Waals surface area contributed by atoms with Gasteiger partial charge in [-0.3, -0.25) is 4.79 Å². The molecule has 0 fully saturated rings. The lowest BCUT2D eigenvalue weighted by atomic mass is 10.1. The minimum atomic E-state index is -0.315. The van der Waals surface area contributed by atoms with Crippen molar-refractivity contribution in [1.82, 2.24) is 15.5 Å². The molecule has 3 rings (SSSR count). The fourth-order valence-corrected chi connectivity index (χ4v) is 2.21. The Kier molecular flexibility index (Phi) is 4.96. The van der Waals surface area contributed by atoms with Crippen molar-refractivity contribution >= 4 is 5.91 Å². The molecule has 0 radical (unpaired) electrons. The van der Waals surface area contributed by atoms with E-state index < -0.39 is 0 Å². The zero-order valence-electron chi connectivity index (χ0n) is 12.9. The highest BCUT2D eigenvalue weighted by atomic mass is 19.1. The Morgan fingerprint density at radius 3 is 2.54 bits per heavy atom. The molecule has 3 aromatic rings. The van der Waals surface area contributed by atoms with Crippen LogP contribution in [0.15, 0.2) is 59.0 Å². The van der Waals surface area contributed by atoms with Crippen molar-refractivity contribution in [3.63, 3.8) is 0 Å². The molecule has 0 spiro atoms. The van der Waals surface area contributed by atoms with Gasteiger partial charge in [0.2, 0.25) is 17.7 Å². The van der Waals surface area contributed by atoms with Crippen molar-refractivity contribution in [1.29, 1.82) is 0 Å². The van der Waals surface area contributed by atoms with E-state index in [1.807, 2.05) is 30.3 Å². The fraction of sp³-hybridized carbons (Fsp3) is 0.167. The van der Waals surface area contributed by atoms with Gasteiger partial charge in [-0.2, -0.15) is 0 Å².